The van der Waals surface area contributed by atoms with Crippen LogP contribution in [0.4, 0.5) is 4.39 Å². The van der Waals surface area contributed by atoms with Crippen LogP contribution in [-0.4, -0.2) is 9.78 Å². The lowest BCUT2D eigenvalue weighted by Gasteiger charge is -2.00. The standard InChI is InChI=1S/C10H9FN2O/c1-13-7-10(6-12-13)14-9-4-2-8(11)3-5-9/h2-7H,1H3. The maximum atomic E-state index is 12.6. The minimum atomic E-state index is -0.275. The fourth-order valence-corrected chi connectivity index (χ4v) is 1.09. The lowest BCUT2D eigenvalue weighted by atomic mass is 10.3. The Hall–Kier alpha value is -1.84. The summed E-state index contributed by atoms with van der Waals surface area (Å²) in [6.45, 7) is 0. The van der Waals surface area contributed by atoms with E-state index >= 15 is 0 Å². The van der Waals surface area contributed by atoms with E-state index in [1.54, 1.807) is 36.3 Å². The maximum absolute atomic E-state index is 12.6. The predicted octanol–water partition coefficient (Wildman–Crippen LogP) is 2.35. The van der Waals surface area contributed by atoms with E-state index in [1.165, 1.54) is 12.1 Å². The first kappa shape index (κ1) is 8.74. The fraction of sp³-hybridized carbons (Fsp3) is 0.100. The molecular formula is C10H9FN2O. The number of aromatic nitrogens is 2. The molecule has 0 aliphatic rings. The molecule has 0 unspecified atom stereocenters. The summed E-state index contributed by atoms with van der Waals surface area (Å²) in [5.41, 5.74) is 0. The maximum Gasteiger partial charge on any atom is 0.165 e. The lowest BCUT2D eigenvalue weighted by molar-refractivity contribution is 0.480. The molecule has 0 bridgehead atoms. The molecule has 0 N–H and O–H groups in total. The summed E-state index contributed by atoms with van der Waals surface area (Å²) in [6, 6.07) is 5.85. The third-order valence-corrected chi connectivity index (χ3v) is 1.73. The first-order valence-electron chi connectivity index (χ1n) is 4.16. The van der Waals surface area contributed by atoms with E-state index in [4.69, 9.17) is 4.74 Å². The van der Waals surface area contributed by atoms with Gasteiger partial charge in [0, 0.05) is 7.05 Å². The molecule has 0 fully saturated rings. The highest BCUT2D eigenvalue weighted by Crippen LogP contribution is 2.20. The number of hydrogen-bond donors (Lipinski definition) is 0. The van der Waals surface area contributed by atoms with Crippen LogP contribution in [0.25, 0.3) is 0 Å². The van der Waals surface area contributed by atoms with Crippen molar-refractivity contribution < 1.29 is 9.13 Å². The molecule has 4 heteroatoms. The van der Waals surface area contributed by atoms with Crippen LogP contribution in [0.15, 0.2) is 36.7 Å². The van der Waals surface area contributed by atoms with Gasteiger partial charge in [-0.25, -0.2) is 4.39 Å². The summed E-state index contributed by atoms with van der Waals surface area (Å²) in [6.07, 6.45) is 3.34. The van der Waals surface area contributed by atoms with Gasteiger partial charge in [-0.3, -0.25) is 4.68 Å². The van der Waals surface area contributed by atoms with Gasteiger partial charge in [0.15, 0.2) is 5.75 Å². The molecule has 0 radical (unpaired) electrons. The molecule has 1 heterocycles. The molecule has 3 nitrogen and oxygen atoms in total. The molecule has 0 aliphatic heterocycles. The van der Waals surface area contributed by atoms with Gasteiger partial charge >= 0.3 is 0 Å². The summed E-state index contributed by atoms with van der Waals surface area (Å²) < 4.78 is 19.6. The topological polar surface area (TPSA) is 27.1 Å². The van der Waals surface area contributed by atoms with Gasteiger partial charge in [-0.1, -0.05) is 0 Å². The second-order valence-electron chi connectivity index (χ2n) is 2.91. The van der Waals surface area contributed by atoms with Gasteiger partial charge in [-0.2, -0.15) is 5.10 Å². The Kier molecular flexibility index (Phi) is 2.18. The van der Waals surface area contributed by atoms with Gasteiger partial charge in [0.25, 0.3) is 0 Å². The van der Waals surface area contributed by atoms with Crippen molar-refractivity contribution in [3.05, 3.63) is 42.5 Å². The molecule has 14 heavy (non-hydrogen) atoms. The van der Waals surface area contributed by atoms with E-state index in [-0.39, 0.29) is 5.82 Å². The molecule has 72 valence electrons. The molecular weight excluding hydrogens is 183 g/mol. The number of hydrogen-bond acceptors (Lipinski definition) is 2. The first-order valence-corrected chi connectivity index (χ1v) is 4.16. The summed E-state index contributed by atoms with van der Waals surface area (Å²) in [5, 5.41) is 3.95. The van der Waals surface area contributed by atoms with E-state index < -0.39 is 0 Å². The van der Waals surface area contributed by atoms with Crippen molar-refractivity contribution in [1.82, 2.24) is 9.78 Å². The van der Waals surface area contributed by atoms with Crippen molar-refractivity contribution in [1.29, 1.82) is 0 Å². The quantitative estimate of drug-likeness (QED) is 0.730. The van der Waals surface area contributed by atoms with E-state index in [2.05, 4.69) is 5.10 Å². The smallest absolute Gasteiger partial charge is 0.165 e. The summed E-state index contributed by atoms with van der Waals surface area (Å²) in [4.78, 5) is 0. The Balaban J connectivity index is 2.15. The van der Waals surface area contributed by atoms with Crippen LogP contribution in [0.3, 0.4) is 0 Å². The van der Waals surface area contributed by atoms with Crippen LogP contribution in [-0.2, 0) is 7.05 Å². The number of halogens is 1. The van der Waals surface area contributed by atoms with Gasteiger partial charge in [-0.15, -0.1) is 0 Å². The molecule has 0 saturated carbocycles. The second-order valence-corrected chi connectivity index (χ2v) is 2.91. The second kappa shape index (κ2) is 3.49. The Morgan fingerprint density at radius 3 is 2.50 bits per heavy atom. The molecule has 0 aliphatic carbocycles. The van der Waals surface area contributed by atoms with Crippen molar-refractivity contribution in [3.8, 4) is 11.5 Å². The van der Waals surface area contributed by atoms with Crippen LogP contribution in [0, 0.1) is 5.82 Å². The highest BCUT2D eigenvalue weighted by atomic mass is 19.1. The third kappa shape index (κ3) is 1.90. The zero-order valence-corrected chi connectivity index (χ0v) is 7.64. The summed E-state index contributed by atoms with van der Waals surface area (Å²) >= 11 is 0. The normalized spacial score (nSPS) is 10.1. The minimum absolute atomic E-state index is 0.275. The van der Waals surface area contributed by atoms with Crippen molar-refractivity contribution in [3.63, 3.8) is 0 Å². The van der Waals surface area contributed by atoms with Crippen molar-refractivity contribution in [2.45, 2.75) is 0 Å². The molecule has 0 spiro atoms. The highest BCUT2D eigenvalue weighted by molar-refractivity contribution is 5.27. The van der Waals surface area contributed by atoms with Crippen LogP contribution in [0.5, 0.6) is 11.5 Å². The third-order valence-electron chi connectivity index (χ3n) is 1.73. The predicted molar refractivity (Wildman–Crippen MR) is 49.7 cm³/mol. The Labute approximate surface area is 80.7 Å². The average molecular weight is 192 g/mol. The molecule has 2 rings (SSSR count). The van der Waals surface area contributed by atoms with Crippen LogP contribution in [0.1, 0.15) is 0 Å². The Morgan fingerprint density at radius 2 is 1.93 bits per heavy atom. The number of ether oxygens (including phenoxy) is 1. The van der Waals surface area contributed by atoms with Crippen molar-refractivity contribution in [2.75, 3.05) is 0 Å². The molecule has 1 aromatic heterocycles. The van der Waals surface area contributed by atoms with Gasteiger partial charge < -0.3 is 4.74 Å². The Bertz CT molecular complexity index is 422. The van der Waals surface area contributed by atoms with E-state index in [0.29, 0.717) is 11.5 Å². The summed E-state index contributed by atoms with van der Waals surface area (Å²) in [7, 11) is 1.80. The number of aryl methyl sites for hydroxylation is 1. The SMILES string of the molecule is Cn1cc(Oc2ccc(F)cc2)cn1. The lowest BCUT2D eigenvalue weighted by Crippen LogP contribution is -1.85. The van der Waals surface area contributed by atoms with E-state index in [1.807, 2.05) is 0 Å². The van der Waals surface area contributed by atoms with Gasteiger partial charge in [0.2, 0.25) is 0 Å². The number of benzene rings is 1. The zero-order chi connectivity index (χ0) is 9.97. The van der Waals surface area contributed by atoms with Gasteiger partial charge in [0.1, 0.15) is 11.6 Å². The van der Waals surface area contributed by atoms with E-state index in [9.17, 15) is 4.39 Å². The number of nitrogens with zero attached hydrogens (tertiary/aromatic N) is 2. The van der Waals surface area contributed by atoms with Gasteiger partial charge in [-0.05, 0) is 24.3 Å². The van der Waals surface area contributed by atoms with Crippen molar-refractivity contribution in [2.24, 2.45) is 7.05 Å². The molecule has 0 saturated heterocycles. The minimum Gasteiger partial charge on any atom is -0.454 e. The largest absolute Gasteiger partial charge is 0.454 e. The van der Waals surface area contributed by atoms with E-state index in [0.717, 1.165) is 0 Å². The fourth-order valence-electron chi connectivity index (χ4n) is 1.09. The van der Waals surface area contributed by atoms with Gasteiger partial charge in [0.05, 0.1) is 12.4 Å². The average Bonchev–Trinajstić information content (AvgIpc) is 2.56. The molecule has 1 aromatic carbocycles. The van der Waals surface area contributed by atoms with Crippen LogP contribution in [0.2, 0.25) is 0 Å². The van der Waals surface area contributed by atoms with Crippen LogP contribution < -0.4 is 4.74 Å². The number of rotatable bonds is 2. The Morgan fingerprint density at radius 1 is 1.21 bits per heavy atom. The first-order chi connectivity index (χ1) is 6.74. The van der Waals surface area contributed by atoms with Crippen LogP contribution >= 0.6 is 0 Å². The molecule has 0 amide bonds. The molecule has 2 aromatic rings. The zero-order valence-electron chi connectivity index (χ0n) is 7.64. The highest BCUT2D eigenvalue weighted by Gasteiger charge is 1.99. The monoisotopic (exact) mass is 192 g/mol. The summed E-state index contributed by atoms with van der Waals surface area (Å²) in [5.74, 6) is 0.960. The van der Waals surface area contributed by atoms with Crippen molar-refractivity contribution >= 4 is 0 Å². The molecule has 0 atom stereocenters.